The van der Waals surface area contributed by atoms with Gasteiger partial charge in [0, 0.05) is 25.3 Å². The van der Waals surface area contributed by atoms with Crippen molar-refractivity contribution in [1.82, 2.24) is 20.2 Å². The summed E-state index contributed by atoms with van der Waals surface area (Å²) in [4.78, 5) is 10.5. The highest BCUT2D eigenvalue weighted by atomic mass is 35.5. The maximum Gasteiger partial charge on any atom is 0.434 e. The SMILES string of the molecule is Cc1nc(C(F)(F)F)c(CN(Cc2ccccn2)C2CCCNCC2)s1.Cl. The van der Waals surface area contributed by atoms with Crippen molar-refractivity contribution in [3.63, 3.8) is 0 Å². The summed E-state index contributed by atoms with van der Waals surface area (Å²) in [6.45, 7) is 4.27. The monoisotopic (exact) mass is 420 g/mol. The Balaban J connectivity index is 0.00000261. The molecule has 27 heavy (non-hydrogen) atoms. The summed E-state index contributed by atoms with van der Waals surface area (Å²) in [6.07, 6.45) is 0.226. The molecule has 1 saturated heterocycles. The van der Waals surface area contributed by atoms with E-state index in [4.69, 9.17) is 0 Å². The molecule has 0 aliphatic carbocycles. The highest BCUT2D eigenvalue weighted by Gasteiger charge is 2.38. The predicted octanol–water partition coefficient (Wildman–Crippen LogP) is 4.43. The third kappa shape index (κ3) is 6.14. The number of aromatic nitrogens is 2. The minimum absolute atomic E-state index is 0. The van der Waals surface area contributed by atoms with Crippen molar-refractivity contribution < 1.29 is 13.2 Å². The van der Waals surface area contributed by atoms with E-state index in [1.165, 1.54) is 0 Å². The molecule has 1 atom stereocenters. The molecule has 1 unspecified atom stereocenters. The first kappa shape index (κ1) is 22.1. The van der Waals surface area contributed by atoms with Crippen LogP contribution in [-0.4, -0.2) is 34.0 Å². The number of nitrogens with zero attached hydrogens (tertiary/aromatic N) is 3. The summed E-state index contributed by atoms with van der Waals surface area (Å²) >= 11 is 1.14. The third-order valence-electron chi connectivity index (χ3n) is 4.57. The lowest BCUT2D eigenvalue weighted by Gasteiger charge is -2.30. The van der Waals surface area contributed by atoms with Crippen molar-refractivity contribution in [2.75, 3.05) is 13.1 Å². The number of pyridine rings is 1. The van der Waals surface area contributed by atoms with Crippen molar-refractivity contribution >= 4 is 23.7 Å². The number of nitrogens with one attached hydrogen (secondary N) is 1. The first-order valence-electron chi connectivity index (χ1n) is 8.81. The van der Waals surface area contributed by atoms with Crippen molar-refractivity contribution in [3.05, 3.63) is 45.7 Å². The van der Waals surface area contributed by atoms with Crippen molar-refractivity contribution in [1.29, 1.82) is 0 Å². The van der Waals surface area contributed by atoms with Gasteiger partial charge in [0.25, 0.3) is 0 Å². The number of alkyl halides is 3. The molecular weight excluding hydrogens is 397 g/mol. The van der Waals surface area contributed by atoms with Gasteiger partial charge in [-0.15, -0.1) is 23.7 Å². The summed E-state index contributed by atoms with van der Waals surface area (Å²) in [5, 5.41) is 3.82. The molecule has 0 amide bonds. The molecule has 1 aliphatic heterocycles. The van der Waals surface area contributed by atoms with Crippen LogP contribution < -0.4 is 5.32 Å². The number of hydrogen-bond acceptors (Lipinski definition) is 5. The van der Waals surface area contributed by atoms with Gasteiger partial charge in [0.15, 0.2) is 5.69 Å². The van der Waals surface area contributed by atoms with E-state index in [0.29, 0.717) is 16.4 Å². The van der Waals surface area contributed by atoms with E-state index in [9.17, 15) is 13.2 Å². The Morgan fingerprint density at radius 1 is 1.22 bits per heavy atom. The van der Waals surface area contributed by atoms with Gasteiger partial charge < -0.3 is 5.32 Å². The van der Waals surface area contributed by atoms with Crippen LogP contribution in [-0.2, 0) is 19.3 Å². The lowest BCUT2D eigenvalue weighted by atomic mass is 10.1. The molecule has 150 valence electrons. The second kappa shape index (κ2) is 9.82. The Hall–Kier alpha value is -1.22. The number of thiazole rings is 1. The number of halogens is 4. The molecule has 4 nitrogen and oxygen atoms in total. The first-order valence-corrected chi connectivity index (χ1v) is 9.63. The average Bonchev–Trinajstić information content (AvgIpc) is 2.81. The van der Waals surface area contributed by atoms with Crippen LogP contribution in [0.1, 0.15) is 40.5 Å². The maximum atomic E-state index is 13.3. The topological polar surface area (TPSA) is 41.1 Å². The van der Waals surface area contributed by atoms with Gasteiger partial charge in [0.2, 0.25) is 0 Å². The van der Waals surface area contributed by atoms with Gasteiger partial charge in [-0.1, -0.05) is 6.07 Å². The second-order valence-electron chi connectivity index (χ2n) is 6.56. The minimum atomic E-state index is -4.41. The third-order valence-corrected chi connectivity index (χ3v) is 5.53. The molecule has 0 bridgehead atoms. The molecule has 3 rings (SSSR count). The Bertz CT molecular complexity index is 700. The van der Waals surface area contributed by atoms with E-state index >= 15 is 0 Å². The molecule has 1 N–H and O–H groups in total. The Labute approximate surface area is 167 Å². The standard InChI is InChI=1S/C18H23F3N4S.ClH/c1-13-24-17(18(19,20)21)16(26-13)12-25(11-14-5-2-3-9-23-14)15-6-4-8-22-10-7-15;/h2-3,5,9,15,22H,4,6-8,10-12H2,1H3;1H. The smallest absolute Gasteiger partial charge is 0.317 e. The molecule has 2 aromatic heterocycles. The summed E-state index contributed by atoms with van der Waals surface area (Å²) in [7, 11) is 0. The van der Waals surface area contributed by atoms with Gasteiger partial charge in [-0.3, -0.25) is 9.88 Å². The zero-order chi connectivity index (χ0) is 18.6. The highest BCUT2D eigenvalue weighted by molar-refractivity contribution is 7.11. The lowest BCUT2D eigenvalue weighted by Crippen LogP contribution is -2.35. The molecule has 0 spiro atoms. The summed E-state index contributed by atoms with van der Waals surface area (Å²) in [6, 6.07) is 5.91. The van der Waals surface area contributed by atoms with Crippen LogP contribution in [0.5, 0.6) is 0 Å². The zero-order valence-corrected chi connectivity index (χ0v) is 16.8. The highest BCUT2D eigenvalue weighted by Crippen LogP contribution is 2.35. The fraction of sp³-hybridized carbons (Fsp3) is 0.556. The van der Waals surface area contributed by atoms with Gasteiger partial charge in [0.1, 0.15) is 0 Å². The number of rotatable bonds is 5. The quantitative estimate of drug-likeness (QED) is 0.776. The Morgan fingerprint density at radius 2 is 2.04 bits per heavy atom. The van der Waals surface area contributed by atoms with Crippen LogP contribution in [0.3, 0.4) is 0 Å². The van der Waals surface area contributed by atoms with Crippen LogP contribution >= 0.6 is 23.7 Å². The van der Waals surface area contributed by atoms with E-state index in [2.05, 4.69) is 20.2 Å². The fourth-order valence-electron chi connectivity index (χ4n) is 3.36. The first-order chi connectivity index (χ1) is 12.4. The van der Waals surface area contributed by atoms with E-state index in [1.807, 2.05) is 18.2 Å². The zero-order valence-electron chi connectivity index (χ0n) is 15.1. The minimum Gasteiger partial charge on any atom is -0.317 e. The van der Waals surface area contributed by atoms with Gasteiger partial charge in [-0.25, -0.2) is 4.98 Å². The molecular formula is C18H24ClF3N4S. The van der Waals surface area contributed by atoms with Crippen molar-refractivity contribution in [3.8, 4) is 0 Å². The van der Waals surface area contributed by atoms with Crippen molar-refractivity contribution in [2.24, 2.45) is 0 Å². The maximum absolute atomic E-state index is 13.3. The van der Waals surface area contributed by atoms with E-state index in [1.54, 1.807) is 13.1 Å². The van der Waals surface area contributed by atoms with E-state index < -0.39 is 11.9 Å². The van der Waals surface area contributed by atoms with Crippen LogP contribution in [0.4, 0.5) is 13.2 Å². The van der Waals surface area contributed by atoms with E-state index in [0.717, 1.165) is 49.4 Å². The van der Waals surface area contributed by atoms with Gasteiger partial charge in [-0.05, 0) is 51.4 Å². The second-order valence-corrected chi connectivity index (χ2v) is 7.85. The number of aryl methyl sites for hydroxylation is 1. The van der Waals surface area contributed by atoms with Gasteiger partial charge in [-0.2, -0.15) is 13.2 Å². The summed E-state index contributed by atoms with van der Waals surface area (Å²) in [5.74, 6) is 0. The van der Waals surface area contributed by atoms with Crippen LogP contribution in [0.15, 0.2) is 24.4 Å². The largest absolute Gasteiger partial charge is 0.434 e. The van der Waals surface area contributed by atoms with E-state index in [-0.39, 0.29) is 25.0 Å². The molecule has 9 heteroatoms. The summed E-state index contributed by atoms with van der Waals surface area (Å²) < 4.78 is 40.0. The lowest BCUT2D eigenvalue weighted by molar-refractivity contribution is -0.141. The Morgan fingerprint density at radius 3 is 2.74 bits per heavy atom. The number of hydrogen-bond donors (Lipinski definition) is 1. The molecule has 0 aromatic carbocycles. The van der Waals surface area contributed by atoms with Crippen LogP contribution in [0, 0.1) is 6.92 Å². The molecule has 1 fully saturated rings. The predicted molar refractivity (Wildman–Crippen MR) is 103 cm³/mol. The van der Waals surface area contributed by atoms with Gasteiger partial charge in [0.05, 0.1) is 15.6 Å². The molecule has 3 heterocycles. The average molecular weight is 421 g/mol. The fourth-order valence-corrected chi connectivity index (χ4v) is 4.34. The van der Waals surface area contributed by atoms with Gasteiger partial charge >= 0.3 is 6.18 Å². The molecule has 2 aromatic rings. The van der Waals surface area contributed by atoms with Crippen LogP contribution in [0.2, 0.25) is 0 Å². The summed E-state index contributed by atoms with van der Waals surface area (Å²) in [5.41, 5.74) is 0.136. The Kier molecular flexibility index (Phi) is 8.03. The normalized spacial score (nSPS) is 18.2. The molecule has 0 saturated carbocycles. The van der Waals surface area contributed by atoms with Crippen LogP contribution in [0.25, 0.3) is 0 Å². The molecule has 0 radical (unpaired) electrons. The van der Waals surface area contributed by atoms with Crippen molar-refractivity contribution in [2.45, 2.75) is 51.5 Å². The molecule has 1 aliphatic rings.